The van der Waals surface area contributed by atoms with Gasteiger partial charge < -0.3 is 0 Å². The molecule has 0 radical (unpaired) electrons. The Labute approximate surface area is 165 Å². The van der Waals surface area contributed by atoms with Gasteiger partial charge in [0, 0.05) is 35.4 Å². The summed E-state index contributed by atoms with van der Waals surface area (Å²) < 4.78 is 0. The molecule has 2 atom stereocenters. The van der Waals surface area contributed by atoms with E-state index >= 15 is 0 Å². The number of carbonyl (C=O) groups excluding carboxylic acids is 3. The molecule has 2 aromatic rings. The summed E-state index contributed by atoms with van der Waals surface area (Å²) >= 11 is 0. The molecule has 0 spiro atoms. The van der Waals surface area contributed by atoms with Crippen LogP contribution in [-0.4, -0.2) is 22.3 Å². The van der Waals surface area contributed by atoms with Gasteiger partial charge in [0.15, 0.2) is 11.6 Å². The lowest BCUT2D eigenvalue weighted by atomic mass is 9.86. The molecular weight excluding hydrogens is 350 g/mol. The third-order valence-corrected chi connectivity index (χ3v) is 5.29. The Bertz CT molecular complexity index is 999. The van der Waals surface area contributed by atoms with E-state index in [1.807, 2.05) is 26.0 Å². The van der Waals surface area contributed by atoms with E-state index in [0.717, 1.165) is 27.9 Å². The Morgan fingerprint density at radius 1 is 1.18 bits per heavy atom. The predicted octanol–water partition coefficient (Wildman–Crippen LogP) is 3.76. The summed E-state index contributed by atoms with van der Waals surface area (Å²) in [6.07, 6.45) is 2.17. The van der Waals surface area contributed by atoms with Crippen LogP contribution in [0.2, 0.25) is 0 Å². The molecule has 1 aromatic heterocycles. The molecule has 3 rings (SSSR count). The monoisotopic (exact) mass is 373 g/mol. The highest BCUT2D eigenvalue weighted by Gasteiger charge is 2.43. The van der Waals surface area contributed by atoms with E-state index < -0.39 is 5.92 Å². The van der Waals surface area contributed by atoms with Gasteiger partial charge in [0.1, 0.15) is 11.7 Å². The average molecular weight is 373 g/mol. The highest BCUT2D eigenvalue weighted by molar-refractivity contribution is 6.15. The van der Waals surface area contributed by atoms with Crippen molar-refractivity contribution in [3.8, 4) is 11.8 Å². The van der Waals surface area contributed by atoms with E-state index in [2.05, 4.69) is 16.8 Å². The summed E-state index contributed by atoms with van der Waals surface area (Å²) in [4.78, 5) is 41.5. The summed E-state index contributed by atoms with van der Waals surface area (Å²) in [6.45, 7) is 7.13. The first-order chi connectivity index (χ1) is 13.3. The summed E-state index contributed by atoms with van der Waals surface area (Å²) in [7, 11) is 0. The Kier molecular flexibility index (Phi) is 5.56. The maximum absolute atomic E-state index is 13.1. The number of rotatable bonds is 4. The fourth-order valence-electron chi connectivity index (χ4n) is 3.98. The lowest BCUT2D eigenvalue weighted by Gasteiger charge is -2.16. The Morgan fingerprint density at radius 3 is 2.39 bits per heavy atom. The molecular formula is C24H23NO3. The second-order valence-corrected chi connectivity index (χ2v) is 7.40. The molecule has 4 nitrogen and oxygen atoms in total. The van der Waals surface area contributed by atoms with Crippen LogP contribution >= 0.6 is 0 Å². The quantitative estimate of drug-likeness (QED) is 0.465. The SMILES string of the molecule is CC#Cc1cc(C)c(C2C(=O)CC(Cc3ccc(C(C)=O)cn3)C2=O)c(C)c1. The molecule has 1 heterocycles. The maximum atomic E-state index is 13.1. The van der Waals surface area contributed by atoms with Crippen LogP contribution in [0.1, 0.15) is 64.5 Å². The summed E-state index contributed by atoms with van der Waals surface area (Å²) in [6, 6.07) is 7.35. The first kappa shape index (κ1) is 19.7. The normalized spacial score (nSPS) is 18.7. The smallest absolute Gasteiger partial charge is 0.161 e. The van der Waals surface area contributed by atoms with Crippen molar-refractivity contribution in [3.05, 3.63) is 64.0 Å². The summed E-state index contributed by atoms with van der Waals surface area (Å²) in [5.74, 6) is 4.71. The highest BCUT2D eigenvalue weighted by Crippen LogP contribution is 2.37. The fourth-order valence-corrected chi connectivity index (χ4v) is 3.98. The molecule has 0 bridgehead atoms. The second-order valence-electron chi connectivity index (χ2n) is 7.40. The molecule has 0 saturated heterocycles. The van der Waals surface area contributed by atoms with Gasteiger partial charge in [-0.25, -0.2) is 0 Å². The molecule has 1 aliphatic carbocycles. The van der Waals surface area contributed by atoms with Gasteiger partial charge in [-0.05, 0) is 75.1 Å². The van der Waals surface area contributed by atoms with Crippen molar-refractivity contribution in [3.63, 3.8) is 0 Å². The van der Waals surface area contributed by atoms with Crippen molar-refractivity contribution in [1.29, 1.82) is 0 Å². The predicted molar refractivity (Wildman–Crippen MR) is 107 cm³/mol. The van der Waals surface area contributed by atoms with Crippen LogP contribution in [0.25, 0.3) is 0 Å². The molecule has 2 unspecified atom stereocenters. The topological polar surface area (TPSA) is 64.1 Å². The molecule has 1 saturated carbocycles. The molecule has 4 heteroatoms. The zero-order chi connectivity index (χ0) is 20.4. The lowest BCUT2D eigenvalue weighted by Crippen LogP contribution is -2.19. The van der Waals surface area contributed by atoms with E-state index in [9.17, 15) is 14.4 Å². The van der Waals surface area contributed by atoms with Gasteiger partial charge in [0.2, 0.25) is 0 Å². The highest BCUT2D eigenvalue weighted by atomic mass is 16.2. The van der Waals surface area contributed by atoms with Gasteiger partial charge in [-0.3, -0.25) is 19.4 Å². The van der Waals surface area contributed by atoms with Crippen LogP contribution in [0.3, 0.4) is 0 Å². The summed E-state index contributed by atoms with van der Waals surface area (Å²) in [5.41, 5.74) is 4.82. The molecule has 0 N–H and O–H groups in total. The number of hydrogen-bond acceptors (Lipinski definition) is 4. The van der Waals surface area contributed by atoms with Crippen molar-refractivity contribution in [2.45, 2.75) is 46.5 Å². The van der Waals surface area contributed by atoms with Crippen LogP contribution in [-0.2, 0) is 16.0 Å². The number of nitrogens with zero attached hydrogens (tertiary/aromatic N) is 1. The van der Waals surface area contributed by atoms with Crippen LogP contribution in [0, 0.1) is 31.6 Å². The van der Waals surface area contributed by atoms with Gasteiger partial charge >= 0.3 is 0 Å². The number of pyridine rings is 1. The molecule has 142 valence electrons. The number of hydrogen-bond donors (Lipinski definition) is 0. The largest absolute Gasteiger partial charge is 0.298 e. The third kappa shape index (κ3) is 3.80. The summed E-state index contributed by atoms with van der Waals surface area (Å²) in [5, 5.41) is 0. The Balaban J connectivity index is 1.86. The maximum Gasteiger partial charge on any atom is 0.161 e. The Morgan fingerprint density at radius 2 is 1.86 bits per heavy atom. The molecule has 0 amide bonds. The van der Waals surface area contributed by atoms with Crippen molar-refractivity contribution in [1.82, 2.24) is 4.98 Å². The Hall–Kier alpha value is -3.06. The van der Waals surface area contributed by atoms with Gasteiger partial charge in [0.25, 0.3) is 0 Å². The molecule has 28 heavy (non-hydrogen) atoms. The van der Waals surface area contributed by atoms with E-state index in [0.29, 0.717) is 12.0 Å². The van der Waals surface area contributed by atoms with Crippen LogP contribution in [0.5, 0.6) is 0 Å². The van der Waals surface area contributed by atoms with Gasteiger partial charge in [-0.2, -0.15) is 0 Å². The van der Waals surface area contributed by atoms with Gasteiger partial charge in [-0.1, -0.05) is 5.92 Å². The number of Topliss-reactive ketones (excluding diaryl/α,β-unsaturated/α-hetero) is 3. The molecule has 1 aliphatic rings. The zero-order valence-electron chi connectivity index (χ0n) is 16.6. The van der Waals surface area contributed by atoms with Crippen LogP contribution in [0.4, 0.5) is 0 Å². The zero-order valence-corrected chi connectivity index (χ0v) is 16.6. The lowest BCUT2D eigenvalue weighted by molar-refractivity contribution is -0.124. The van der Waals surface area contributed by atoms with Gasteiger partial charge in [-0.15, -0.1) is 5.92 Å². The van der Waals surface area contributed by atoms with Crippen molar-refractivity contribution in [2.24, 2.45) is 5.92 Å². The van der Waals surface area contributed by atoms with Crippen molar-refractivity contribution >= 4 is 17.3 Å². The number of aromatic nitrogens is 1. The van der Waals surface area contributed by atoms with Crippen molar-refractivity contribution in [2.75, 3.05) is 0 Å². The molecule has 1 aromatic carbocycles. The first-order valence-electron chi connectivity index (χ1n) is 9.38. The number of aryl methyl sites for hydroxylation is 2. The van der Waals surface area contributed by atoms with E-state index in [1.54, 1.807) is 19.1 Å². The average Bonchev–Trinajstić information content (AvgIpc) is 2.90. The molecule has 1 fully saturated rings. The van der Waals surface area contributed by atoms with E-state index in [4.69, 9.17) is 0 Å². The number of ketones is 3. The minimum absolute atomic E-state index is 0.0316. The number of benzene rings is 1. The minimum atomic E-state index is -0.704. The standard InChI is InChI=1S/C24H23NO3/c1-5-6-17-9-14(2)22(15(3)10-17)23-21(27)12-19(24(23)28)11-20-8-7-18(13-25-20)16(4)26/h7-10,13,19,23H,11-12H2,1-4H3. The third-order valence-electron chi connectivity index (χ3n) is 5.29. The van der Waals surface area contributed by atoms with Gasteiger partial charge in [0.05, 0.1) is 0 Å². The first-order valence-corrected chi connectivity index (χ1v) is 9.38. The van der Waals surface area contributed by atoms with Crippen LogP contribution < -0.4 is 0 Å². The second kappa shape index (κ2) is 7.90. The van der Waals surface area contributed by atoms with E-state index in [1.165, 1.54) is 13.1 Å². The fraction of sp³-hybridized carbons (Fsp3) is 0.333. The van der Waals surface area contributed by atoms with Crippen molar-refractivity contribution < 1.29 is 14.4 Å². The van der Waals surface area contributed by atoms with E-state index in [-0.39, 0.29) is 29.7 Å². The van der Waals surface area contributed by atoms with Crippen LogP contribution in [0.15, 0.2) is 30.5 Å². The minimum Gasteiger partial charge on any atom is -0.298 e. The number of carbonyl (C=O) groups is 3. The molecule has 0 aliphatic heterocycles.